The minimum absolute atomic E-state index is 0.904. The summed E-state index contributed by atoms with van der Waals surface area (Å²) in [7, 11) is 0. The van der Waals surface area contributed by atoms with Crippen LogP contribution in [0.1, 0.15) is 0 Å². The Hall–Kier alpha value is -6.84. The molecule has 0 saturated carbocycles. The second-order valence-corrected chi connectivity index (χ2v) is 13.3. The second-order valence-electron chi connectivity index (χ2n) is 13.3. The van der Waals surface area contributed by atoms with E-state index in [0.717, 1.165) is 55.1 Å². The van der Waals surface area contributed by atoms with Crippen molar-refractivity contribution in [3.05, 3.63) is 182 Å². The van der Waals surface area contributed by atoms with Gasteiger partial charge in [0.2, 0.25) is 0 Å². The van der Waals surface area contributed by atoms with Gasteiger partial charge in [0.1, 0.15) is 11.2 Å². The molecule has 11 aromatic rings. The van der Waals surface area contributed by atoms with Crippen LogP contribution in [-0.4, -0.2) is 9.13 Å². The van der Waals surface area contributed by atoms with E-state index in [-0.39, 0.29) is 0 Å². The van der Waals surface area contributed by atoms with Crippen LogP contribution in [0.15, 0.2) is 186 Å². The lowest BCUT2D eigenvalue weighted by molar-refractivity contribution is 0.673. The number of hydrogen-bond acceptors (Lipinski definition) is 1. The molecule has 0 aliphatic heterocycles. The van der Waals surface area contributed by atoms with Crippen molar-refractivity contribution < 1.29 is 4.42 Å². The van der Waals surface area contributed by atoms with E-state index in [2.05, 4.69) is 185 Å². The minimum atomic E-state index is 0.904. The van der Waals surface area contributed by atoms with Crippen LogP contribution in [-0.2, 0) is 0 Å². The molecule has 0 bridgehead atoms. The summed E-state index contributed by atoms with van der Waals surface area (Å²) in [5, 5.41) is 7.04. The largest absolute Gasteiger partial charge is 0.455 e. The first-order chi connectivity index (χ1) is 25.3. The third-order valence-corrected chi connectivity index (χ3v) is 10.5. The van der Waals surface area contributed by atoms with E-state index in [1.165, 1.54) is 44.1 Å². The Labute approximate surface area is 293 Å². The van der Waals surface area contributed by atoms with Gasteiger partial charge in [0.15, 0.2) is 0 Å². The summed E-state index contributed by atoms with van der Waals surface area (Å²) in [4.78, 5) is 0. The molecule has 0 radical (unpaired) electrons. The molecule has 0 aliphatic rings. The number of nitrogens with zero attached hydrogens (tertiary/aromatic N) is 2. The Balaban J connectivity index is 1.20. The SMILES string of the molecule is c1ccc(-c2cccc(-c3ccc(-n4c5ccc6c7ccccc7oc6c5c5cccc(-n6c7ccccc7c7ccccc76)c54)cc3)c2)cc1. The van der Waals surface area contributed by atoms with E-state index < -0.39 is 0 Å². The van der Waals surface area contributed by atoms with Gasteiger partial charge in [-0.05, 0) is 76.9 Å². The van der Waals surface area contributed by atoms with Crippen molar-refractivity contribution in [2.45, 2.75) is 0 Å². The zero-order chi connectivity index (χ0) is 33.5. The molecule has 51 heavy (non-hydrogen) atoms. The third-order valence-electron chi connectivity index (χ3n) is 10.5. The average Bonchev–Trinajstić information content (AvgIpc) is 3.86. The van der Waals surface area contributed by atoms with Crippen LogP contribution < -0.4 is 0 Å². The maximum atomic E-state index is 6.70. The number of para-hydroxylation sites is 4. The van der Waals surface area contributed by atoms with Crippen LogP contribution in [0.2, 0.25) is 0 Å². The molecule has 3 aromatic heterocycles. The lowest BCUT2D eigenvalue weighted by Gasteiger charge is -2.15. The Bertz CT molecular complexity index is 3070. The van der Waals surface area contributed by atoms with Gasteiger partial charge in [-0.1, -0.05) is 127 Å². The molecule has 3 nitrogen and oxygen atoms in total. The average molecular weight is 651 g/mol. The van der Waals surface area contributed by atoms with Gasteiger partial charge < -0.3 is 13.6 Å². The molecular formula is C48H30N2O. The van der Waals surface area contributed by atoms with Crippen molar-refractivity contribution in [2.24, 2.45) is 0 Å². The van der Waals surface area contributed by atoms with Gasteiger partial charge in [-0.2, -0.15) is 0 Å². The highest BCUT2D eigenvalue weighted by molar-refractivity contribution is 6.25. The Kier molecular flexibility index (Phi) is 5.96. The van der Waals surface area contributed by atoms with Crippen LogP contribution in [0, 0.1) is 0 Å². The molecule has 238 valence electrons. The molecule has 0 saturated heterocycles. The summed E-state index contributed by atoms with van der Waals surface area (Å²) in [6.07, 6.45) is 0. The molecule has 0 amide bonds. The number of rotatable bonds is 4. The van der Waals surface area contributed by atoms with E-state index in [1.54, 1.807) is 0 Å². The fourth-order valence-electron chi connectivity index (χ4n) is 8.26. The first-order valence-electron chi connectivity index (χ1n) is 17.4. The van der Waals surface area contributed by atoms with Crippen molar-refractivity contribution in [3.8, 4) is 33.6 Å². The van der Waals surface area contributed by atoms with E-state index in [1.807, 2.05) is 6.07 Å². The Morgan fingerprint density at radius 2 is 0.941 bits per heavy atom. The summed E-state index contributed by atoms with van der Waals surface area (Å²) in [5.41, 5.74) is 13.5. The highest BCUT2D eigenvalue weighted by atomic mass is 16.3. The van der Waals surface area contributed by atoms with Gasteiger partial charge in [-0.25, -0.2) is 0 Å². The van der Waals surface area contributed by atoms with E-state index in [4.69, 9.17) is 4.42 Å². The molecule has 11 rings (SSSR count). The lowest BCUT2D eigenvalue weighted by Crippen LogP contribution is -2.00. The van der Waals surface area contributed by atoms with Crippen LogP contribution in [0.4, 0.5) is 0 Å². The van der Waals surface area contributed by atoms with Crippen molar-refractivity contribution >= 4 is 65.6 Å². The number of fused-ring (bicyclic) bond motifs is 10. The van der Waals surface area contributed by atoms with Crippen molar-refractivity contribution in [1.82, 2.24) is 9.13 Å². The summed E-state index contributed by atoms with van der Waals surface area (Å²) < 4.78 is 11.6. The fourth-order valence-corrected chi connectivity index (χ4v) is 8.26. The van der Waals surface area contributed by atoms with Crippen LogP contribution in [0.25, 0.3) is 99.2 Å². The number of aromatic nitrogens is 2. The summed E-state index contributed by atoms with van der Waals surface area (Å²) in [6, 6.07) is 65.4. The molecule has 0 atom stereocenters. The van der Waals surface area contributed by atoms with Crippen LogP contribution >= 0.6 is 0 Å². The number of furan rings is 1. The fraction of sp³-hybridized carbons (Fsp3) is 0. The molecular weight excluding hydrogens is 621 g/mol. The van der Waals surface area contributed by atoms with Gasteiger partial charge in [-0.15, -0.1) is 0 Å². The zero-order valence-corrected chi connectivity index (χ0v) is 27.6. The zero-order valence-electron chi connectivity index (χ0n) is 27.6. The summed E-state index contributed by atoms with van der Waals surface area (Å²) in [5.74, 6) is 0. The molecule has 0 fully saturated rings. The maximum Gasteiger partial charge on any atom is 0.145 e. The highest BCUT2D eigenvalue weighted by Crippen LogP contribution is 2.44. The number of hydrogen-bond donors (Lipinski definition) is 0. The predicted octanol–water partition coefficient (Wildman–Crippen LogP) is 13.1. The molecule has 0 spiro atoms. The predicted molar refractivity (Wildman–Crippen MR) is 213 cm³/mol. The molecule has 3 heterocycles. The smallest absolute Gasteiger partial charge is 0.145 e. The van der Waals surface area contributed by atoms with Crippen LogP contribution in [0.5, 0.6) is 0 Å². The van der Waals surface area contributed by atoms with E-state index in [9.17, 15) is 0 Å². The number of benzene rings is 8. The summed E-state index contributed by atoms with van der Waals surface area (Å²) >= 11 is 0. The monoisotopic (exact) mass is 650 g/mol. The Morgan fingerprint density at radius 1 is 0.353 bits per heavy atom. The first kappa shape index (κ1) is 28.0. The lowest BCUT2D eigenvalue weighted by atomic mass is 9.99. The molecule has 0 unspecified atom stereocenters. The highest BCUT2D eigenvalue weighted by Gasteiger charge is 2.23. The van der Waals surface area contributed by atoms with Crippen molar-refractivity contribution in [3.63, 3.8) is 0 Å². The molecule has 8 aromatic carbocycles. The first-order valence-corrected chi connectivity index (χ1v) is 17.4. The topological polar surface area (TPSA) is 23.0 Å². The standard InChI is InChI=1S/C48H30N2O/c1-2-12-31(13-3-1)33-14-10-15-34(30-33)32-24-26-35(27-25-32)49-43-29-28-39-38-18-6-9-23-45(38)51-48(39)46(43)40-19-11-22-44(47(40)49)50-41-20-7-4-16-36(41)37-17-5-8-21-42(37)50/h1-30H. The van der Waals surface area contributed by atoms with Gasteiger partial charge in [0, 0.05) is 32.6 Å². The van der Waals surface area contributed by atoms with E-state index in [0.29, 0.717) is 0 Å². The third kappa shape index (κ3) is 4.12. The van der Waals surface area contributed by atoms with Gasteiger partial charge in [0.05, 0.1) is 33.1 Å². The van der Waals surface area contributed by atoms with Crippen molar-refractivity contribution in [1.29, 1.82) is 0 Å². The van der Waals surface area contributed by atoms with Gasteiger partial charge >= 0.3 is 0 Å². The van der Waals surface area contributed by atoms with Gasteiger partial charge in [0.25, 0.3) is 0 Å². The molecule has 3 heteroatoms. The van der Waals surface area contributed by atoms with Gasteiger partial charge in [-0.3, -0.25) is 0 Å². The molecule has 0 aliphatic carbocycles. The second kappa shape index (κ2) is 10.8. The maximum absolute atomic E-state index is 6.70. The molecule has 0 N–H and O–H groups in total. The normalized spacial score (nSPS) is 11.9. The van der Waals surface area contributed by atoms with E-state index >= 15 is 0 Å². The minimum Gasteiger partial charge on any atom is -0.455 e. The quantitative estimate of drug-likeness (QED) is 0.186. The summed E-state index contributed by atoms with van der Waals surface area (Å²) in [6.45, 7) is 0. The Morgan fingerprint density at radius 3 is 1.69 bits per heavy atom. The van der Waals surface area contributed by atoms with Crippen molar-refractivity contribution in [2.75, 3.05) is 0 Å². The van der Waals surface area contributed by atoms with Crippen LogP contribution in [0.3, 0.4) is 0 Å².